The molecule has 1 unspecified atom stereocenters. The molecule has 8 heteroatoms. The molecule has 1 aromatic rings. The molecule has 0 saturated carbocycles. The van der Waals surface area contributed by atoms with Crippen molar-refractivity contribution in [1.29, 1.82) is 0 Å². The van der Waals surface area contributed by atoms with Crippen LogP contribution < -0.4 is 10.0 Å². The molecule has 1 amide bonds. The summed E-state index contributed by atoms with van der Waals surface area (Å²) in [7, 11) is -3.79. The molecule has 20 heavy (non-hydrogen) atoms. The van der Waals surface area contributed by atoms with E-state index >= 15 is 0 Å². The van der Waals surface area contributed by atoms with Gasteiger partial charge in [-0.3, -0.25) is 9.52 Å². The van der Waals surface area contributed by atoms with Crippen molar-refractivity contribution in [2.24, 2.45) is 0 Å². The molecule has 0 saturated heterocycles. The van der Waals surface area contributed by atoms with Crippen molar-refractivity contribution in [1.82, 2.24) is 5.32 Å². The molecular weight excluding hydrogens is 290 g/mol. The number of carbonyl (C=O) groups is 1. The van der Waals surface area contributed by atoms with Gasteiger partial charge in [0.2, 0.25) is 15.9 Å². The normalized spacial score (nSPS) is 12.6. The second kappa shape index (κ2) is 6.00. The zero-order valence-corrected chi connectivity index (χ0v) is 11.7. The van der Waals surface area contributed by atoms with Crippen LogP contribution in [0.4, 0.5) is 14.5 Å². The van der Waals surface area contributed by atoms with E-state index in [1.54, 1.807) is 4.72 Å². The minimum absolute atomic E-state index is 0.161. The molecule has 0 bridgehead atoms. The topological polar surface area (TPSA) is 75.3 Å². The fraction of sp³-hybridized carbons (Fsp3) is 0.250. The lowest BCUT2D eigenvalue weighted by atomic mass is 10.1. The van der Waals surface area contributed by atoms with Crippen LogP contribution in [0.25, 0.3) is 0 Å². The fourth-order valence-corrected chi connectivity index (χ4v) is 2.05. The Morgan fingerprint density at radius 1 is 1.35 bits per heavy atom. The van der Waals surface area contributed by atoms with Gasteiger partial charge in [-0.1, -0.05) is 6.58 Å². The number of rotatable bonds is 5. The highest BCUT2D eigenvalue weighted by atomic mass is 32.2. The van der Waals surface area contributed by atoms with Crippen molar-refractivity contribution in [3.63, 3.8) is 0 Å². The van der Waals surface area contributed by atoms with E-state index in [9.17, 15) is 22.0 Å². The van der Waals surface area contributed by atoms with Crippen LogP contribution in [0.1, 0.15) is 18.5 Å². The van der Waals surface area contributed by atoms with Gasteiger partial charge in [-0.15, -0.1) is 0 Å². The number of hydrogen-bond acceptors (Lipinski definition) is 3. The van der Waals surface area contributed by atoms with Gasteiger partial charge in [0.25, 0.3) is 0 Å². The Labute approximate surface area is 115 Å². The summed E-state index contributed by atoms with van der Waals surface area (Å²) in [6, 6.07) is 1.24. The number of hydrogen-bond donors (Lipinski definition) is 2. The minimum Gasteiger partial charge on any atom is -0.346 e. The average molecular weight is 304 g/mol. The molecule has 0 aliphatic rings. The molecular formula is C12H14F2N2O3S. The van der Waals surface area contributed by atoms with Crippen molar-refractivity contribution in [3.8, 4) is 0 Å². The van der Waals surface area contributed by atoms with Crippen LogP contribution >= 0.6 is 0 Å². The highest BCUT2D eigenvalue weighted by Crippen LogP contribution is 2.24. The number of carbonyl (C=O) groups excluding carboxylic acids is 1. The average Bonchev–Trinajstić information content (AvgIpc) is 2.32. The van der Waals surface area contributed by atoms with Crippen molar-refractivity contribution >= 4 is 21.6 Å². The molecule has 0 aromatic heterocycles. The number of anilines is 1. The van der Waals surface area contributed by atoms with Crippen LogP contribution in [0.2, 0.25) is 0 Å². The summed E-state index contributed by atoms with van der Waals surface area (Å²) < 4.78 is 51.2. The molecule has 0 heterocycles. The number of halogens is 2. The van der Waals surface area contributed by atoms with Gasteiger partial charge in [0.1, 0.15) is 5.69 Å². The maximum atomic E-state index is 13.7. The van der Waals surface area contributed by atoms with Crippen molar-refractivity contribution < 1.29 is 22.0 Å². The smallest absolute Gasteiger partial charge is 0.243 e. The van der Waals surface area contributed by atoms with E-state index in [2.05, 4.69) is 11.9 Å². The van der Waals surface area contributed by atoms with E-state index in [0.29, 0.717) is 0 Å². The maximum absolute atomic E-state index is 13.7. The first-order valence-corrected chi connectivity index (χ1v) is 7.43. The van der Waals surface area contributed by atoms with E-state index < -0.39 is 39.3 Å². The molecule has 1 atom stereocenters. The van der Waals surface area contributed by atoms with Crippen LogP contribution in [-0.2, 0) is 14.8 Å². The van der Waals surface area contributed by atoms with Gasteiger partial charge in [-0.2, -0.15) is 0 Å². The first-order valence-electron chi connectivity index (χ1n) is 5.53. The van der Waals surface area contributed by atoms with Gasteiger partial charge in [-0.05, 0) is 30.7 Å². The van der Waals surface area contributed by atoms with E-state index in [-0.39, 0.29) is 5.56 Å². The van der Waals surface area contributed by atoms with Crippen LogP contribution in [-0.4, -0.2) is 20.6 Å². The number of benzene rings is 1. The Kier molecular flexibility index (Phi) is 4.83. The third-order valence-corrected chi connectivity index (χ3v) is 2.97. The van der Waals surface area contributed by atoms with Crippen LogP contribution in [0.3, 0.4) is 0 Å². The first-order chi connectivity index (χ1) is 9.14. The number of sulfonamides is 1. The lowest BCUT2D eigenvalue weighted by Gasteiger charge is -2.15. The molecule has 0 radical (unpaired) electrons. The molecule has 0 aliphatic carbocycles. The van der Waals surface area contributed by atoms with Crippen molar-refractivity contribution in [3.05, 3.63) is 42.0 Å². The first kappa shape index (κ1) is 16.1. The molecule has 110 valence electrons. The summed E-state index contributed by atoms with van der Waals surface area (Å²) in [6.07, 6.45) is 1.81. The van der Waals surface area contributed by atoms with Gasteiger partial charge >= 0.3 is 0 Å². The van der Waals surface area contributed by atoms with E-state index in [0.717, 1.165) is 24.5 Å². The Hall–Kier alpha value is -1.96. The highest BCUT2D eigenvalue weighted by Gasteiger charge is 2.17. The lowest BCUT2D eigenvalue weighted by molar-refractivity contribution is -0.117. The van der Waals surface area contributed by atoms with Gasteiger partial charge in [0.05, 0.1) is 12.3 Å². The largest absolute Gasteiger partial charge is 0.346 e. The third-order valence-electron chi connectivity index (χ3n) is 2.40. The van der Waals surface area contributed by atoms with E-state index in [1.807, 2.05) is 0 Å². The van der Waals surface area contributed by atoms with Crippen LogP contribution in [0.15, 0.2) is 24.8 Å². The zero-order valence-electron chi connectivity index (χ0n) is 10.9. The Balaban J connectivity index is 3.10. The molecule has 1 rings (SSSR count). The van der Waals surface area contributed by atoms with Crippen LogP contribution in [0.5, 0.6) is 0 Å². The van der Waals surface area contributed by atoms with E-state index in [4.69, 9.17) is 0 Å². The molecule has 0 spiro atoms. The Morgan fingerprint density at radius 2 is 1.85 bits per heavy atom. The summed E-state index contributed by atoms with van der Waals surface area (Å²) >= 11 is 0. The minimum atomic E-state index is -3.79. The van der Waals surface area contributed by atoms with Crippen molar-refractivity contribution in [2.75, 3.05) is 11.0 Å². The zero-order chi connectivity index (χ0) is 15.5. The fourth-order valence-electron chi connectivity index (χ4n) is 1.48. The monoisotopic (exact) mass is 304 g/mol. The standard InChI is InChI=1S/C12H14F2N2O3S/c1-4-11(17)15-7(2)8-5-9(13)12(10(14)6-8)16-20(3,18)19/h4-7,16H,1H2,2-3H3,(H,15,17). The Morgan fingerprint density at radius 3 is 2.25 bits per heavy atom. The summed E-state index contributed by atoms with van der Waals surface area (Å²) in [4.78, 5) is 11.1. The van der Waals surface area contributed by atoms with Gasteiger partial charge in [-0.25, -0.2) is 17.2 Å². The SMILES string of the molecule is C=CC(=O)NC(C)c1cc(F)c(NS(C)(=O)=O)c(F)c1. The van der Waals surface area contributed by atoms with E-state index in [1.165, 1.54) is 6.92 Å². The summed E-state index contributed by atoms with van der Waals surface area (Å²) in [6.45, 7) is 4.79. The summed E-state index contributed by atoms with van der Waals surface area (Å²) in [5, 5.41) is 2.44. The van der Waals surface area contributed by atoms with Crippen molar-refractivity contribution in [2.45, 2.75) is 13.0 Å². The highest BCUT2D eigenvalue weighted by molar-refractivity contribution is 7.92. The summed E-state index contributed by atoms with van der Waals surface area (Å²) in [5.74, 6) is -2.62. The van der Waals surface area contributed by atoms with Gasteiger partial charge in [0, 0.05) is 0 Å². The maximum Gasteiger partial charge on any atom is 0.243 e. The molecule has 1 aromatic carbocycles. The molecule has 2 N–H and O–H groups in total. The predicted octanol–water partition coefficient (Wildman–Crippen LogP) is 1.70. The van der Waals surface area contributed by atoms with Gasteiger partial charge < -0.3 is 5.32 Å². The predicted molar refractivity (Wildman–Crippen MR) is 71.6 cm³/mol. The number of nitrogens with one attached hydrogen (secondary N) is 2. The van der Waals surface area contributed by atoms with Gasteiger partial charge in [0.15, 0.2) is 11.6 Å². The lowest BCUT2D eigenvalue weighted by Crippen LogP contribution is -2.24. The Bertz CT molecular complexity index is 621. The molecule has 5 nitrogen and oxygen atoms in total. The van der Waals surface area contributed by atoms with Crippen LogP contribution in [0, 0.1) is 11.6 Å². The molecule has 0 fully saturated rings. The summed E-state index contributed by atoms with van der Waals surface area (Å²) in [5.41, 5.74) is -0.590. The second-order valence-electron chi connectivity index (χ2n) is 4.17. The third kappa shape index (κ3) is 4.30. The quantitative estimate of drug-likeness (QED) is 0.813. The molecule has 0 aliphatic heterocycles. The number of amides is 1. The second-order valence-corrected chi connectivity index (χ2v) is 5.92.